The third kappa shape index (κ3) is 3.07. The molecular weight excluding hydrogens is 241 g/mol. The maximum atomic E-state index is 13.7. The first-order chi connectivity index (χ1) is 9.33. The van der Waals surface area contributed by atoms with Crippen molar-refractivity contribution in [3.8, 4) is 0 Å². The number of para-hydroxylation sites is 1. The first-order valence-corrected chi connectivity index (χ1v) is 7.28. The van der Waals surface area contributed by atoms with E-state index in [1.807, 2.05) is 12.1 Å². The van der Waals surface area contributed by atoms with Gasteiger partial charge in [-0.25, -0.2) is 4.39 Å². The Hall–Kier alpha value is -1.13. The van der Waals surface area contributed by atoms with Gasteiger partial charge in [-0.2, -0.15) is 0 Å². The Morgan fingerprint density at radius 3 is 2.63 bits per heavy atom. The van der Waals surface area contributed by atoms with Crippen molar-refractivity contribution in [1.82, 2.24) is 10.2 Å². The minimum atomic E-state index is -0.103. The smallest absolute Gasteiger partial charge is 0.146 e. The van der Waals surface area contributed by atoms with Crippen molar-refractivity contribution in [1.29, 1.82) is 0 Å². The largest absolute Gasteiger partial charge is 0.367 e. The van der Waals surface area contributed by atoms with Crippen LogP contribution >= 0.6 is 0 Å². The molecule has 0 radical (unpaired) electrons. The number of hydrogen-bond acceptors (Lipinski definition) is 3. The van der Waals surface area contributed by atoms with Crippen molar-refractivity contribution < 1.29 is 4.39 Å². The Bertz CT molecular complexity index is 410. The van der Waals surface area contributed by atoms with Crippen LogP contribution in [0.15, 0.2) is 24.3 Å². The molecule has 1 atom stereocenters. The van der Waals surface area contributed by atoms with Crippen molar-refractivity contribution in [2.75, 3.05) is 44.2 Å². The van der Waals surface area contributed by atoms with Crippen molar-refractivity contribution in [2.24, 2.45) is 0 Å². The molecule has 2 fully saturated rings. The Kier molecular flexibility index (Phi) is 3.99. The molecule has 2 saturated heterocycles. The number of rotatable bonds is 3. The van der Waals surface area contributed by atoms with Gasteiger partial charge in [0.1, 0.15) is 5.82 Å². The van der Waals surface area contributed by atoms with Crippen LogP contribution in [0.25, 0.3) is 0 Å². The van der Waals surface area contributed by atoms with E-state index in [0.717, 1.165) is 38.4 Å². The highest BCUT2D eigenvalue weighted by atomic mass is 19.1. The average molecular weight is 263 g/mol. The number of piperazine rings is 1. The van der Waals surface area contributed by atoms with Crippen LogP contribution in [-0.2, 0) is 0 Å². The summed E-state index contributed by atoms with van der Waals surface area (Å²) in [6.07, 6.45) is 2.60. The maximum Gasteiger partial charge on any atom is 0.146 e. The standard InChI is InChI=1S/C15H22FN3/c16-14-5-1-2-6-15(14)19-10-8-18(9-11-19)12-13-4-3-7-17-13/h1-2,5-6,13,17H,3-4,7-12H2/t13-/m1/s1. The van der Waals surface area contributed by atoms with E-state index >= 15 is 0 Å². The summed E-state index contributed by atoms with van der Waals surface area (Å²) in [7, 11) is 0. The molecule has 104 valence electrons. The molecule has 0 aromatic heterocycles. The van der Waals surface area contributed by atoms with Crippen LogP contribution in [0.1, 0.15) is 12.8 Å². The van der Waals surface area contributed by atoms with Crippen LogP contribution in [0.5, 0.6) is 0 Å². The quantitative estimate of drug-likeness (QED) is 0.895. The number of nitrogens with one attached hydrogen (secondary N) is 1. The molecular formula is C15H22FN3. The molecule has 0 aliphatic carbocycles. The monoisotopic (exact) mass is 263 g/mol. The van der Waals surface area contributed by atoms with E-state index in [-0.39, 0.29) is 5.82 Å². The van der Waals surface area contributed by atoms with E-state index in [2.05, 4.69) is 15.1 Å². The van der Waals surface area contributed by atoms with Gasteiger partial charge in [0.2, 0.25) is 0 Å². The van der Waals surface area contributed by atoms with Crippen LogP contribution < -0.4 is 10.2 Å². The molecule has 2 aliphatic rings. The van der Waals surface area contributed by atoms with E-state index in [1.165, 1.54) is 19.4 Å². The van der Waals surface area contributed by atoms with Crippen molar-refractivity contribution in [3.05, 3.63) is 30.1 Å². The topological polar surface area (TPSA) is 18.5 Å². The molecule has 0 amide bonds. The highest BCUT2D eigenvalue weighted by Gasteiger charge is 2.22. The van der Waals surface area contributed by atoms with Crippen LogP contribution in [0.2, 0.25) is 0 Å². The zero-order chi connectivity index (χ0) is 13.1. The fourth-order valence-corrected chi connectivity index (χ4v) is 3.10. The van der Waals surface area contributed by atoms with Crippen LogP contribution in [-0.4, -0.2) is 50.2 Å². The zero-order valence-corrected chi connectivity index (χ0v) is 11.3. The molecule has 0 saturated carbocycles. The second-order valence-corrected chi connectivity index (χ2v) is 5.53. The van der Waals surface area contributed by atoms with Gasteiger partial charge in [0.05, 0.1) is 5.69 Å². The van der Waals surface area contributed by atoms with E-state index in [1.54, 1.807) is 12.1 Å². The molecule has 4 heteroatoms. The summed E-state index contributed by atoms with van der Waals surface area (Å²) in [4.78, 5) is 4.66. The predicted molar refractivity (Wildman–Crippen MR) is 76.1 cm³/mol. The van der Waals surface area contributed by atoms with E-state index < -0.39 is 0 Å². The molecule has 19 heavy (non-hydrogen) atoms. The lowest BCUT2D eigenvalue weighted by molar-refractivity contribution is 0.235. The van der Waals surface area contributed by atoms with E-state index in [4.69, 9.17) is 0 Å². The average Bonchev–Trinajstić information content (AvgIpc) is 2.93. The van der Waals surface area contributed by atoms with E-state index in [9.17, 15) is 4.39 Å². The lowest BCUT2D eigenvalue weighted by Crippen LogP contribution is -2.50. The third-order valence-corrected chi connectivity index (χ3v) is 4.21. The number of halogens is 1. The molecule has 2 heterocycles. The van der Waals surface area contributed by atoms with Crippen molar-refractivity contribution in [3.63, 3.8) is 0 Å². The van der Waals surface area contributed by atoms with Gasteiger partial charge in [0, 0.05) is 38.8 Å². The lowest BCUT2D eigenvalue weighted by Gasteiger charge is -2.37. The Morgan fingerprint density at radius 2 is 1.95 bits per heavy atom. The number of anilines is 1. The molecule has 3 rings (SSSR count). The predicted octanol–water partition coefficient (Wildman–Crippen LogP) is 1.70. The Labute approximate surface area is 114 Å². The van der Waals surface area contributed by atoms with Gasteiger partial charge in [-0.3, -0.25) is 4.90 Å². The fourth-order valence-electron chi connectivity index (χ4n) is 3.10. The molecule has 1 aromatic rings. The van der Waals surface area contributed by atoms with Gasteiger partial charge in [-0.15, -0.1) is 0 Å². The Morgan fingerprint density at radius 1 is 1.16 bits per heavy atom. The summed E-state index contributed by atoms with van der Waals surface area (Å²) in [5.41, 5.74) is 0.751. The van der Waals surface area contributed by atoms with Gasteiger partial charge in [0.15, 0.2) is 0 Å². The van der Waals surface area contributed by atoms with Crippen molar-refractivity contribution in [2.45, 2.75) is 18.9 Å². The molecule has 2 aliphatic heterocycles. The highest BCUT2D eigenvalue weighted by Crippen LogP contribution is 2.20. The number of hydrogen-bond donors (Lipinski definition) is 1. The summed E-state index contributed by atoms with van der Waals surface area (Å²) in [5, 5.41) is 3.54. The first kappa shape index (κ1) is 12.9. The van der Waals surface area contributed by atoms with Crippen LogP contribution in [0.4, 0.5) is 10.1 Å². The van der Waals surface area contributed by atoms with Gasteiger partial charge in [-0.1, -0.05) is 12.1 Å². The van der Waals surface area contributed by atoms with Crippen LogP contribution in [0.3, 0.4) is 0 Å². The number of benzene rings is 1. The molecule has 0 unspecified atom stereocenters. The minimum Gasteiger partial charge on any atom is -0.367 e. The molecule has 1 N–H and O–H groups in total. The van der Waals surface area contributed by atoms with Crippen LogP contribution in [0, 0.1) is 5.82 Å². The highest BCUT2D eigenvalue weighted by molar-refractivity contribution is 5.47. The van der Waals surface area contributed by atoms with Crippen molar-refractivity contribution >= 4 is 5.69 Å². The van der Waals surface area contributed by atoms with Gasteiger partial charge in [-0.05, 0) is 31.5 Å². The Balaban J connectivity index is 1.53. The molecule has 0 bridgehead atoms. The third-order valence-electron chi connectivity index (χ3n) is 4.21. The minimum absolute atomic E-state index is 0.103. The normalized spacial score (nSPS) is 24.9. The lowest BCUT2D eigenvalue weighted by atomic mass is 10.2. The van der Waals surface area contributed by atoms with E-state index in [0.29, 0.717) is 6.04 Å². The second-order valence-electron chi connectivity index (χ2n) is 5.53. The van der Waals surface area contributed by atoms with Gasteiger partial charge in [0.25, 0.3) is 0 Å². The molecule has 1 aromatic carbocycles. The summed E-state index contributed by atoms with van der Waals surface area (Å²) in [5.74, 6) is -0.103. The summed E-state index contributed by atoms with van der Waals surface area (Å²) in [6, 6.07) is 7.75. The number of nitrogens with zero attached hydrogens (tertiary/aromatic N) is 2. The second kappa shape index (κ2) is 5.88. The SMILES string of the molecule is Fc1ccccc1N1CCN(C[C@H]2CCCN2)CC1. The first-order valence-electron chi connectivity index (χ1n) is 7.28. The summed E-state index contributed by atoms with van der Waals surface area (Å²) < 4.78 is 13.7. The summed E-state index contributed by atoms with van der Waals surface area (Å²) in [6.45, 7) is 6.23. The summed E-state index contributed by atoms with van der Waals surface area (Å²) >= 11 is 0. The molecule has 3 nitrogen and oxygen atoms in total. The van der Waals surface area contributed by atoms with Gasteiger partial charge >= 0.3 is 0 Å². The zero-order valence-electron chi connectivity index (χ0n) is 11.3. The fraction of sp³-hybridized carbons (Fsp3) is 0.600. The maximum absolute atomic E-state index is 13.7. The molecule has 0 spiro atoms. The van der Waals surface area contributed by atoms with Gasteiger partial charge < -0.3 is 10.2 Å².